The number of likely N-dealkylation sites (N-methyl/N-ethyl adjacent to an activating group) is 1. The number of aromatic nitrogens is 1. The third kappa shape index (κ3) is 5.19. The number of hydrogen-bond donors (Lipinski definition) is 2. The van der Waals surface area contributed by atoms with E-state index in [0.29, 0.717) is 5.56 Å². The average Bonchev–Trinajstić information content (AvgIpc) is 3.72. The minimum Gasteiger partial charge on any atom is -0.505 e. The molecule has 0 unspecified atom stereocenters. The van der Waals surface area contributed by atoms with E-state index in [1.165, 1.54) is 5.56 Å². The van der Waals surface area contributed by atoms with Gasteiger partial charge in [0.05, 0.1) is 26.8 Å². The standard InChI is InChI=1S/C29H27Cl2N3O2/c1-34(2)12-11-17-3-8-21(9-4-17)33-27-22-13-19(20-14-24(30)29(36)25(31)15-20)7-10-26(22)32-16-23(27)28(35)18-5-6-18/h3-4,7-10,13-16,18,36H,5-6,11-12H2,1-2H3,(H,32,33). The van der Waals surface area contributed by atoms with E-state index in [1.54, 1.807) is 18.3 Å². The first-order chi connectivity index (χ1) is 17.3. The van der Waals surface area contributed by atoms with E-state index in [2.05, 4.69) is 41.4 Å². The normalized spacial score (nSPS) is 13.4. The number of fused-ring (bicyclic) bond motifs is 1. The van der Waals surface area contributed by atoms with Gasteiger partial charge < -0.3 is 15.3 Å². The molecule has 1 aromatic heterocycles. The smallest absolute Gasteiger partial charge is 0.169 e. The quantitative estimate of drug-likeness (QED) is 0.238. The van der Waals surface area contributed by atoms with Gasteiger partial charge in [-0.05, 0) is 86.4 Å². The van der Waals surface area contributed by atoms with Crippen LogP contribution in [0.15, 0.2) is 60.8 Å². The number of anilines is 2. The van der Waals surface area contributed by atoms with Crippen LogP contribution in [-0.2, 0) is 6.42 Å². The minimum absolute atomic E-state index is 0.0658. The van der Waals surface area contributed by atoms with Gasteiger partial charge in [0.1, 0.15) is 0 Å². The summed E-state index contributed by atoms with van der Waals surface area (Å²) in [7, 11) is 4.13. The number of Topliss-reactive ketones (excluding diaryl/α,β-unsaturated/α-hetero) is 1. The molecule has 184 valence electrons. The van der Waals surface area contributed by atoms with Crippen molar-refractivity contribution in [2.45, 2.75) is 19.3 Å². The molecule has 0 atom stereocenters. The van der Waals surface area contributed by atoms with Gasteiger partial charge in [0.15, 0.2) is 11.5 Å². The molecule has 0 spiro atoms. The van der Waals surface area contributed by atoms with E-state index in [9.17, 15) is 9.90 Å². The Morgan fingerprint density at radius 2 is 1.72 bits per heavy atom. The highest BCUT2D eigenvalue weighted by Gasteiger charge is 2.32. The number of hydrogen-bond acceptors (Lipinski definition) is 5. The van der Waals surface area contributed by atoms with Crippen molar-refractivity contribution in [3.05, 3.63) is 82.0 Å². The van der Waals surface area contributed by atoms with Gasteiger partial charge in [0.25, 0.3) is 0 Å². The second-order valence-corrected chi connectivity index (χ2v) is 10.4. The number of rotatable bonds is 8. The van der Waals surface area contributed by atoms with Gasteiger partial charge in [0.2, 0.25) is 0 Å². The molecular formula is C29H27Cl2N3O2. The average molecular weight is 520 g/mol. The maximum absolute atomic E-state index is 13.2. The Morgan fingerprint density at radius 1 is 1.03 bits per heavy atom. The van der Waals surface area contributed by atoms with Crippen LogP contribution in [-0.4, -0.2) is 41.4 Å². The van der Waals surface area contributed by atoms with Crippen LogP contribution in [0.4, 0.5) is 11.4 Å². The van der Waals surface area contributed by atoms with Crippen LogP contribution in [0.3, 0.4) is 0 Å². The molecule has 5 rings (SSSR count). The number of nitrogens with zero attached hydrogens (tertiary/aromatic N) is 2. The van der Waals surface area contributed by atoms with Crippen LogP contribution in [0.5, 0.6) is 5.75 Å². The van der Waals surface area contributed by atoms with Crippen molar-refractivity contribution in [3.8, 4) is 16.9 Å². The predicted molar refractivity (Wildman–Crippen MR) is 148 cm³/mol. The minimum atomic E-state index is -0.141. The Bertz CT molecular complexity index is 1420. The number of phenols is 1. The Morgan fingerprint density at radius 3 is 2.36 bits per heavy atom. The molecule has 0 saturated heterocycles. The molecule has 36 heavy (non-hydrogen) atoms. The fourth-order valence-electron chi connectivity index (χ4n) is 4.24. The summed E-state index contributed by atoms with van der Waals surface area (Å²) >= 11 is 12.4. The zero-order valence-corrected chi connectivity index (χ0v) is 21.7. The maximum Gasteiger partial charge on any atom is 0.169 e. The summed E-state index contributed by atoms with van der Waals surface area (Å²) in [6, 6.07) is 17.5. The Kier molecular flexibility index (Phi) is 6.89. The van der Waals surface area contributed by atoms with Crippen LogP contribution < -0.4 is 5.32 Å². The second-order valence-electron chi connectivity index (χ2n) is 9.58. The number of benzene rings is 3. The number of halogens is 2. The van der Waals surface area contributed by atoms with E-state index in [0.717, 1.165) is 59.2 Å². The fraction of sp³-hybridized carbons (Fsp3) is 0.241. The third-order valence-electron chi connectivity index (χ3n) is 6.50. The van der Waals surface area contributed by atoms with Crippen LogP contribution in [0, 0.1) is 5.92 Å². The van der Waals surface area contributed by atoms with Crippen LogP contribution in [0.1, 0.15) is 28.8 Å². The Hall–Kier alpha value is -3.12. The molecule has 1 aliphatic carbocycles. The molecule has 0 bridgehead atoms. The number of pyridine rings is 1. The molecule has 2 N–H and O–H groups in total. The molecule has 1 saturated carbocycles. The number of nitrogens with one attached hydrogen (secondary N) is 1. The molecule has 1 fully saturated rings. The SMILES string of the molecule is CN(C)CCc1ccc(Nc2c(C(=O)C3CC3)cnc3ccc(-c4cc(Cl)c(O)c(Cl)c4)cc23)cc1. The first-order valence-electron chi connectivity index (χ1n) is 12.0. The number of phenolic OH excluding ortho intramolecular Hbond substituents is 1. The highest BCUT2D eigenvalue weighted by molar-refractivity contribution is 6.37. The van der Waals surface area contributed by atoms with E-state index in [1.807, 2.05) is 30.3 Å². The van der Waals surface area contributed by atoms with Crippen molar-refractivity contribution in [3.63, 3.8) is 0 Å². The summed E-state index contributed by atoms with van der Waals surface area (Å²) in [5, 5.41) is 14.7. The molecule has 1 heterocycles. The largest absolute Gasteiger partial charge is 0.505 e. The zero-order valence-electron chi connectivity index (χ0n) is 20.2. The number of carbonyl (C=O) groups excluding carboxylic acids is 1. The maximum atomic E-state index is 13.2. The molecule has 0 aliphatic heterocycles. The first-order valence-corrected chi connectivity index (χ1v) is 12.7. The summed E-state index contributed by atoms with van der Waals surface area (Å²) in [5.74, 6) is 0.0463. The van der Waals surface area contributed by atoms with Gasteiger partial charge in [0, 0.05) is 29.7 Å². The van der Waals surface area contributed by atoms with Crippen molar-refractivity contribution in [1.82, 2.24) is 9.88 Å². The van der Waals surface area contributed by atoms with Crippen molar-refractivity contribution in [2.24, 2.45) is 5.92 Å². The van der Waals surface area contributed by atoms with E-state index >= 15 is 0 Å². The van der Waals surface area contributed by atoms with Crippen molar-refractivity contribution < 1.29 is 9.90 Å². The number of aromatic hydroxyl groups is 1. The van der Waals surface area contributed by atoms with Crippen molar-refractivity contribution >= 4 is 51.3 Å². The van der Waals surface area contributed by atoms with Gasteiger partial charge in [-0.15, -0.1) is 0 Å². The molecule has 0 radical (unpaired) electrons. The molecular weight excluding hydrogens is 493 g/mol. The van der Waals surface area contributed by atoms with Gasteiger partial charge in [-0.1, -0.05) is 41.4 Å². The van der Waals surface area contributed by atoms with Crippen LogP contribution >= 0.6 is 23.2 Å². The molecule has 3 aromatic carbocycles. The Balaban J connectivity index is 1.58. The van der Waals surface area contributed by atoms with Crippen LogP contribution in [0.2, 0.25) is 10.0 Å². The highest BCUT2D eigenvalue weighted by Crippen LogP contribution is 2.40. The fourth-order valence-corrected chi connectivity index (χ4v) is 4.73. The van der Waals surface area contributed by atoms with Gasteiger partial charge in [-0.2, -0.15) is 0 Å². The van der Waals surface area contributed by atoms with E-state index in [-0.39, 0.29) is 27.5 Å². The van der Waals surface area contributed by atoms with Gasteiger partial charge in [-0.25, -0.2) is 0 Å². The lowest BCUT2D eigenvalue weighted by atomic mass is 9.98. The van der Waals surface area contributed by atoms with Crippen LogP contribution in [0.25, 0.3) is 22.0 Å². The number of carbonyl (C=O) groups is 1. The molecule has 5 nitrogen and oxygen atoms in total. The lowest BCUT2D eigenvalue weighted by molar-refractivity contribution is 0.0968. The summed E-state index contributed by atoms with van der Waals surface area (Å²) in [6.45, 7) is 0.982. The van der Waals surface area contributed by atoms with E-state index in [4.69, 9.17) is 23.2 Å². The van der Waals surface area contributed by atoms with Gasteiger partial charge in [-0.3, -0.25) is 9.78 Å². The lowest BCUT2D eigenvalue weighted by Crippen LogP contribution is -2.14. The first kappa shape index (κ1) is 24.6. The highest BCUT2D eigenvalue weighted by atomic mass is 35.5. The number of ketones is 1. The zero-order chi connectivity index (χ0) is 25.4. The molecule has 4 aromatic rings. The summed E-state index contributed by atoms with van der Waals surface area (Å²) in [4.78, 5) is 20.0. The second kappa shape index (κ2) is 10.1. The van der Waals surface area contributed by atoms with E-state index < -0.39 is 0 Å². The summed E-state index contributed by atoms with van der Waals surface area (Å²) in [5.41, 5.74) is 5.89. The van der Waals surface area contributed by atoms with Crippen molar-refractivity contribution in [1.29, 1.82) is 0 Å². The topological polar surface area (TPSA) is 65.5 Å². The van der Waals surface area contributed by atoms with Crippen molar-refractivity contribution in [2.75, 3.05) is 26.0 Å². The third-order valence-corrected chi connectivity index (χ3v) is 7.08. The van der Waals surface area contributed by atoms with Gasteiger partial charge >= 0.3 is 0 Å². The molecule has 7 heteroatoms. The summed E-state index contributed by atoms with van der Waals surface area (Å²) in [6.07, 6.45) is 4.49. The predicted octanol–water partition coefficient (Wildman–Crippen LogP) is 7.35. The molecule has 1 aliphatic rings. The Labute approximate surface area is 220 Å². The molecule has 0 amide bonds. The summed E-state index contributed by atoms with van der Waals surface area (Å²) < 4.78 is 0. The lowest BCUT2D eigenvalue weighted by Gasteiger charge is -2.16. The monoisotopic (exact) mass is 519 g/mol.